The second-order valence-electron chi connectivity index (χ2n) is 6.58. The van der Waals surface area contributed by atoms with E-state index in [0.29, 0.717) is 17.9 Å². The highest BCUT2D eigenvalue weighted by atomic mass is 16.5. The topological polar surface area (TPSA) is 67.6 Å². The van der Waals surface area contributed by atoms with Gasteiger partial charge in [0.05, 0.1) is 13.2 Å². The fraction of sp³-hybridized carbons (Fsp3) is 0.765. The van der Waals surface area contributed by atoms with E-state index in [9.17, 15) is 4.79 Å². The molecule has 3 rings (SSSR count). The SMILES string of the molecule is CCc1ocnc1C(=O)NC(C)C1(N2CCOCC2)CCCC1. The van der Waals surface area contributed by atoms with Crippen molar-refractivity contribution in [2.75, 3.05) is 26.3 Å². The third kappa shape index (κ3) is 3.15. The number of hydrogen-bond acceptors (Lipinski definition) is 5. The summed E-state index contributed by atoms with van der Waals surface area (Å²) in [6.45, 7) is 7.56. The Hall–Kier alpha value is -1.40. The molecular formula is C17H27N3O3. The van der Waals surface area contributed by atoms with Gasteiger partial charge in [0, 0.05) is 31.1 Å². The zero-order valence-corrected chi connectivity index (χ0v) is 14.1. The molecule has 6 heteroatoms. The van der Waals surface area contributed by atoms with Crippen molar-refractivity contribution in [1.82, 2.24) is 15.2 Å². The van der Waals surface area contributed by atoms with Crippen molar-refractivity contribution in [3.63, 3.8) is 0 Å². The normalized spacial score (nSPS) is 22.9. The third-order valence-electron chi connectivity index (χ3n) is 5.44. The van der Waals surface area contributed by atoms with Gasteiger partial charge in [-0.3, -0.25) is 9.69 Å². The van der Waals surface area contributed by atoms with Crippen LogP contribution in [-0.4, -0.2) is 53.7 Å². The van der Waals surface area contributed by atoms with Crippen LogP contribution in [0.1, 0.15) is 55.8 Å². The smallest absolute Gasteiger partial charge is 0.273 e. The van der Waals surface area contributed by atoms with Crippen LogP contribution in [-0.2, 0) is 11.2 Å². The molecule has 1 atom stereocenters. The van der Waals surface area contributed by atoms with Crippen molar-refractivity contribution in [3.8, 4) is 0 Å². The first-order chi connectivity index (χ1) is 11.2. The van der Waals surface area contributed by atoms with Crippen LogP contribution >= 0.6 is 0 Å². The van der Waals surface area contributed by atoms with E-state index in [4.69, 9.17) is 9.15 Å². The molecule has 128 valence electrons. The van der Waals surface area contributed by atoms with Crippen molar-refractivity contribution in [2.45, 2.75) is 57.5 Å². The molecule has 1 aromatic rings. The van der Waals surface area contributed by atoms with E-state index >= 15 is 0 Å². The lowest BCUT2D eigenvalue weighted by Gasteiger charge is -2.47. The van der Waals surface area contributed by atoms with Gasteiger partial charge in [0.15, 0.2) is 12.1 Å². The number of rotatable bonds is 5. The number of oxazole rings is 1. The van der Waals surface area contributed by atoms with Gasteiger partial charge in [-0.25, -0.2) is 4.98 Å². The molecule has 0 radical (unpaired) electrons. The predicted molar refractivity (Wildman–Crippen MR) is 86.4 cm³/mol. The van der Waals surface area contributed by atoms with Crippen LogP contribution < -0.4 is 5.32 Å². The third-order valence-corrected chi connectivity index (χ3v) is 5.44. The maximum Gasteiger partial charge on any atom is 0.273 e. The summed E-state index contributed by atoms with van der Waals surface area (Å²) < 4.78 is 10.8. The van der Waals surface area contributed by atoms with E-state index in [1.807, 2.05) is 6.92 Å². The zero-order valence-electron chi connectivity index (χ0n) is 14.1. The van der Waals surface area contributed by atoms with Gasteiger partial charge in [-0.05, 0) is 19.8 Å². The Labute approximate surface area is 137 Å². The summed E-state index contributed by atoms with van der Waals surface area (Å²) in [5.74, 6) is 0.532. The van der Waals surface area contributed by atoms with E-state index in [2.05, 4.69) is 22.1 Å². The first-order valence-corrected chi connectivity index (χ1v) is 8.73. The summed E-state index contributed by atoms with van der Waals surface area (Å²) in [6.07, 6.45) is 6.74. The molecule has 0 bridgehead atoms. The monoisotopic (exact) mass is 321 g/mol. The molecule has 1 aliphatic heterocycles. The van der Waals surface area contributed by atoms with Crippen molar-refractivity contribution in [2.24, 2.45) is 0 Å². The maximum absolute atomic E-state index is 12.6. The van der Waals surface area contributed by atoms with Gasteiger partial charge in [-0.1, -0.05) is 19.8 Å². The fourth-order valence-corrected chi connectivity index (χ4v) is 4.12. The second-order valence-corrected chi connectivity index (χ2v) is 6.58. The van der Waals surface area contributed by atoms with Crippen LogP contribution in [0.5, 0.6) is 0 Å². The average molecular weight is 321 g/mol. The van der Waals surface area contributed by atoms with Crippen LogP contribution in [0.15, 0.2) is 10.8 Å². The number of nitrogens with zero attached hydrogens (tertiary/aromatic N) is 2. The highest BCUT2D eigenvalue weighted by Gasteiger charge is 2.45. The molecular weight excluding hydrogens is 294 g/mol. The number of amides is 1. The van der Waals surface area contributed by atoms with Crippen LogP contribution in [0.4, 0.5) is 0 Å². The first kappa shape index (κ1) is 16.5. The molecule has 0 aromatic carbocycles. The fourth-order valence-electron chi connectivity index (χ4n) is 4.12. The van der Waals surface area contributed by atoms with Crippen molar-refractivity contribution in [3.05, 3.63) is 17.8 Å². The standard InChI is InChI=1S/C17H27N3O3/c1-3-14-15(18-12-23-14)16(21)19-13(2)17(6-4-5-7-17)20-8-10-22-11-9-20/h12-13H,3-11H2,1-2H3,(H,19,21). The van der Waals surface area contributed by atoms with Crippen molar-refractivity contribution < 1.29 is 13.9 Å². The Morgan fingerprint density at radius 1 is 1.39 bits per heavy atom. The van der Waals surface area contributed by atoms with Gasteiger partial charge in [0.25, 0.3) is 5.91 Å². The van der Waals surface area contributed by atoms with Gasteiger partial charge in [0.2, 0.25) is 0 Å². The highest BCUT2D eigenvalue weighted by molar-refractivity contribution is 5.93. The van der Waals surface area contributed by atoms with Gasteiger partial charge < -0.3 is 14.5 Å². The zero-order chi connectivity index (χ0) is 16.3. The number of carbonyl (C=O) groups excluding carboxylic acids is 1. The Balaban J connectivity index is 1.74. The molecule has 1 unspecified atom stereocenters. The molecule has 1 aliphatic carbocycles. The lowest BCUT2D eigenvalue weighted by atomic mass is 9.86. The highest BCUT2D eigenvalue weighted by Crippen LogP contribution is 2.38. The largest absolute Gasteiger partial charge is 0.448 e. The molecule has 1 saturated heterocycles. The van der Waals surface area contributed by atoms with E-state index in [1.165, 1.54) is 19.2 Å². The van der Waals surface area contributed by atoms with E-state index in [0.717, 1.165) is 39.1 Å². The molecule has 2 heterocycles. The predicted octanol–water partition coefficient (Wildman–Crippen LogP) is 2.00. The maximum atomic E-state index is 12.6. The summed E-state index contributed by atoms with van der Waals surface area (Å²) in [4.78, 5) is 19.2. The average Bonchev–Trinajstić information content (AvgIpc) is 3.25. The number of aryl methyl sites for hydroxylation is 1. The second kappa shape index (κ2) is 7.01. The summed E-state index contributed by atoms with van der Waals surface area (Å²) in [7, 11) is 0. The molecule has 6 nitrogen and oxygen atoms in total. The van der Waals surface area contributed by atoms with Crippen molar-refractivity contribution in [1.29, 1.82) is 0 Å². The van der Waals surface area contributed by atoms with E-state index < -0.39 is 0 Å². The summed E-state index contributed by atoms with van der Waals surface area (Å²) >= 11 is 0. The summed E-state index contributed by atoms with van der Waals surface area (Å²) in [5, 5.41) is 3.19. The quantitative estimate of drug-likeness (QED) is 0.898. The van der Waals surface area contributed by atoms with Gasteiger partial charge in [0.1, 0.15) is 5.76 Å². The van der Waals surface area contributed by atoms with E-state index in [-0.39, 0.29) is 17.5 Å². The number of nitrogens with one attached hydrogen (secondary N) is 1. The number of aromatic nitrogens is 1. The molecule has 1 N–H and O–H groups in total. The molecule has 0 spiro atoms. The van der Waals surface area contributed by atoms with E-state index in [1.54, 1.807) is 0 Å². The molecule has 2 aliphatic rings. The van der Waals surface area contributed by atoms with Gasteiger partial charge in [-0.2, -0.15) is 0 Å². The Kier molecular flexibility index (Phi) is 5.02. The van der Waals surface area contributed by atoms with Crippen LogP contribution in [0.25, 0.3) is 0 Å². The van der Waals surface area contributed by atoms with Gasteiger partial charge >= 0.3 is 0 Å². The Bertz CT molecular complexity index is 531. The molecule has 1 amide bonds. The molecule has 2 fully saturated rings. The van der Waals surface area contributed by atoms with Crippen molar-refractivity contribution >= 4 is 5.91 Å². The summed E-state index contributed by atoms with van der Waals surface area (Å²) in [6, 6.07) is 0.0806. The minimum absolute atomic E-state index is 0.0511. The number of ether oxygens (including phenoxy) is 1. The first-order valence-electron chi connectivity index (χ1n) is 8.73. The van der Waals surface area contributed by atoms with Gasteiger partial charge in [-0.15, -0.1) is 0 Å². The Morgan fingerprint density at radius 3 is 2.74 bits per heavy atom. The minimum Gasteiger partial charge on any atom is -0.448 e. The Morgan fingerprint density at radius 2 is 2.09 bits per heavy atom. The number of hydrogen-bond donors (Lipinski definition) is 1. The lowest BCUT2D eigenvalue weighted by molar-refractivity contribution is -0.0323. The van der Waals surface area contributed by atoms with Crippen LogP contribution in [0.2, 0.25) is 0 Å². The lowest BCUT2D eigenvalue weighted by Crippen LogP contribution is -2.62. The number of carbonyl (C=O) groups is 1. The summed E-state index contributed by atoms with van der Waals surface area (Å²) in [5.41, 5.74) is 0.477. The molecule has 23 heavy (non-hydrogen) atoms. The number of morpholine rings is 1. The molecule has 1 saturated carbocycles. The van der Waals surface area contributed by atoms with Crippen LogP contribution in [0.3, 0.4) is 0 Å². The van der Waals surface area contributed by atoms with Crippen LogP contribution in [0, 0.1) is 0 Å². The minimum atomic E-state index is -0.123. The molecule has 1 aromatic heterocycles.